The topological polar surface area (TPSA) is 95.2 Å². The Morgan fingerprint density at radius 3 is 2.58 bits per heavy atom. The van der Waals surface area contributed by atoms with Crippen molar-refractivity contribution in [2.24, 2.45) is 5.92 Å². The molecule has 2 heterocycles. The van der Waals surface area contributed by atoms with Crippen LogP contribution in [0.15, 0.2) is 41.3 Å². The van der Waals surface area contributed by atoms with Gasteiger partial charge < -0.3 is 10.3 Å². The van der Waals surface area contributed by atoms with Crippen molar-refractivity contribution >= 4 is 44.0 Å². The maximum Gasteiger partial charge on any atom is 0.253 e. The number of sulfonamides is 1. The fourth-order valence-corrected chi connectivity index (χ4v) is 4.58. The number of hydrogen-bond donors (Lipinski definition) is 2. The van der Waals surface area contributed by atoms with Crippen LogP contribution in [0.4, 0.5) is 15.9 Å². The number of pyridine rings is 2. The second-order valence-electron chi connectivity index (χ2n) is 7.86. The van der Waals surface area contributed by atoms with E-state index in [1.807, 2.05) is 13.8 Å². The summed E-state index contributed by atoms with van der Waals surface area (Å²) in [5.74, 6) is -0.0760. The Labute approximate surface area is 185 Å². The summed E-state index contributed by atoms with van der Waals surface area (Å²) in [6.07, 6.45) is 2.66. The number of benzene rings is 1. The van der Waals surface area contributed by atoms with E-state index in [9.17, 15) is 17.6 Å². The fourth-order valence-electron chi connectivity index (χ4n) is 3.30. The first-order valence-corrected chi connectivity index (χ1v) is 11.9. The van der Waals surface area contributed by atoms with Gasteiger partial charge in [-0.2, -0.15) is 0 Å². The summed E-state index contributed by atoms with van der Waals surface area (Å²) in [5.41, 5.74) is 0.482. The number of anilines is 2. The van der Waals surface area contributed by atoms with Crippen LogP contribution in [0.3, 0.4) is 0 Å². The van der Waals surface area contributed by atoms with Crippen LogP contribution in [0.5, 0.6) is 0 Å². The Morgan fingerprint density at radius 1 is 1.23 bits per heavy atom. The third-order valence-corrected chi connectivity index (χ3v) is 6.07. The van der Waals surface area contributed by atoms with Crippen LogP contribution in [0.1, 0.15) is 32.4 Å². The molecule has 0 bridgehead atoms. The third kappa shape index (κ3) is 5.34. The quantitative estimate of drug-likeness (QED) is 0.541. The number of fused-ring (bicyclic) bond motifs is 1. The van der Waals surface area contributed by atoms with Crippen molar-refractivity contribution in [2.45, 2.75) is 26.8 Å². The standard InChI is InChI=1S/C21H24ClFN4O3S/c1-12(2)11-27(31(4,29)30)16-5-6-24-19(10-16)25-13(3)17-8-14-7-15(22)9-18(23)20(14)26-21(17)28/h5-10,12-13H,11H2,1-4H3,(H,24,25)(H,26,28). The Morgan fingerprint density at radius 2 is 1.94 bits per heavy atom. The Balaban J connectivity index is 1.94. The molecule has 166 valence electrons. The summed E-state index contributed by atoms with van der Waals surface area (Å²) in [4.78, 5) is 19.3. The van der Waals surface area contributed by atoms with Crippen LogP contribution in [0, 0.1) is 11.7 Å². The second kappa shape index (κ2) is 8.84. The average Bonchev–Trinajstić information content (AvgIpc) is 2.65. The predicted molar refractivity (Wildman–Crippen MR) is 123 cm³/mol. The van der Waals surface area contributed by atoms with Crippen LogP contribution in [-0.4, -0.2) is 31.2 Å². The highest BCUT2D eigenvalue weighted by atomic mass is 35.5. The molecule has 3 rings (SSSR count). The lowest BCUT2D eigenvalue weighted by Gasteiger charge is -2.25. The first-order valence-electron chi connectivity index (χ1n) is 9.68. The SMILES string of the molecule is CC(C)CN(c1ccnc(NC(C)c2cc3cc(Cl)cc(F)c3[nH]c2=O)c1)S(C)(=O)=O. The van der Waals surface area contributed by atoms with E-state index in [-0.39, 0.29) is 16.5 Å². The Hall–Kier alpha value is -2.65. The van der Waals surface area contributed by atoms with Crippen molar-refractivity contribution in [1.82, 2.24) is 9.97 Å². The van der Waals surface area contributed by atoms with Crippen LogP contribution >= 0.6 is 11.6 Å². The van der Waals surface area contributed by atoms with Crippen LogP contribution in [-0.2, 0) is 10.0 Å². The molecule has 0 saturated heterocycles. The summed E-state index contributed by atoms with van der Waals surface area (Å²) in [7, 11) is -3.47. The van der Waals surface area contributed by atoms with E-state index in [0.29, 0.717) is 29.0 Å². The van der Waals surface area contributed by atoms with Gasteiger partial charge in [0.2, 0.25) is 10.0 Å². The molecule has 3 aromatic rings. The minimum Gasteiger partial charge on any atom is -0.363 e. The van der Waals surface area contributed by atoms with E-state index in [1.165, 1.54) is 10.5 Å². The summed E-state index contributed by atoms with van der Waals surface area (Å²) in [6.45, 7) is 5.95. The zero-order chi connectivity index (χ0) is 22.9. The average molecular weight is 467 g/mol. The zero-order valence-electron chi connectivity index (χ0n) is 17.6. The molecular weight excluding hydrogens is 443 g/mol. The molecule has 0 aliphatic rings. The molecule has 2 N–H and O–H groups in total. The van der Waals surface area contributed by atoms with Crippen molar-refractivity contribution in [2.75, 3.05) is 22.4 Å². The lowest BCUT2D eigenvalue weighted by Crippen LogP contribution is -2.33. The van der Waals surface area contributed by atoms with Gasteiger partial charge in [-0.15, -0.1) is 0 Å². The largest absolute Gasteiger partial charge is 0.363 e. The first-order chi connectivity index (χ1) is 14.5. The van der Waals surface area contributed by atoms with Crippen LogP contribution in [0.2, 0.25) is 5.02 Å². The molecular formula is C21H24ClFN4O3S. The highest BCUT2D eigenvalue weighted by molar-refractivity contribution is 7.92. The normalized spacial score (nSPS) is 12.9. The van der Waals surface area contributed by atoms with Crippen molar-refractivity contribution in [3.8, 4) is 0 Å². The molecule has 0 spiro atoms. The lowest BCUT2D eigenvalue weighted by atomic mass is 10.1. The first kappa shape index (κ1) is 23.0. The summed E-state index contributed by atoms with van der Waals surface area (Å²) < 4.78 is 39.9. The smallest absolute Gasteiger partial charge is 0.253 e. The van der Waals surface area contributed by atoms with Gasteiger partial charge in [0.1, 0.15) is 11.6 Å². The van der Waals surface area contributed by atoms with E-state index in [2.05, 4.69) is 15.3 Å². The molecule has 0 aliphatic carbocycles. The number of aromatic amines is 1. The van der Waals surface area contributed by atoms with Gasteiger partial charge in [-0.05, 0) is 37.1 Å². The molecule has 7 nitrogen and oxygen atoms in total. The number of hydrogen-bond acceptors (Lipinski definition) is 5. The molecule has 0 fully saturated rings. The number of nitrogens with zero attached hydrogens (tertiary/aromatic N) is 2. The van der Waals surface area contributed by atoms with Gasteiger partial charge in [0.05, 0.1) is 23.5 Å². The summed E-state index contributed by atoms with van der Waals surface area (Å²) in [6, 6.07) is 7.03. The summed E-state index contributed by atoms with van der Waals surface area (Å²) >= 11 is 5.93. The Kier molecular flexibility index (Phi) is 6.56. The minimum atomic E-state index is -3.47. The molecule has 0 aliphatic heterocycles. The van der Waals surface area contributed by atoms with E-state index < -0.39 is 27.4 Å². The van der Waals surface area contributed by atoms with E-state index in [1.54, 1.807) is 31.2 Å². The Bertz CT molecular complexity index is 1280. The molecule has 10 heteroatoms. The molecule has 1 unspecified atom stereocenters. The molecule has 2 aromatic heterocycles. The maximum atomic E-state index is 14.1. The van der Waals surface area contributed by atoms with Gasteiger partial charge in [-0.1, -0.05) is 25.4 Å². The van der Waals surface area contributed by atoms with Crippen LogP contribution in [0.25, 0.3) is 10.9 Å². The van der Waals surface area contributed by atoms with Gasteiger partial charge in [-0.3, -0.25) is 9.10 Å². The van der Waals surface area contributed by atoms with Crippen molar-refractivity contribution in [1.29, 1.82) is 0 Å². The molecule has 31 heavy (non-hydrogen) atoms. The van der Waals surface area contributed by atoms with Crippen molar-refractivity contribution in [3.05, 3.63) is 63.3 Å². The van der Waals surface area contributed by atoms with Gasteiger partial charge in [-0.25, -0.2) is 17.8 Å². The van der Waals surface area contributed by atoms with E-state index in [0.717, 1.165) is 12.3 Å². The number of aromatic nitrogens is 2. The molecule has 0 saturated carbocycles. The highest BCUT2D eigenvalue weighted by Gasteiger charge is 2.20. The fraction of sp³-hybridized carbons (Fsp3) is 0.333. The van der Waals surface area contributed by atoms with Crippen LogP contribution < -0.4 is 15.2 Å². The van der Waals surface area contributed by atoms with Gasteiger partial charge >= 0.3 is 0 Å². The number of nitrogens with one attached hydrogen (secondary N) is 2. The highest BCUT2D eigenvalue weighted by Crippen LogP contribution is 2.26. The number of rotatable bonds is 7. The molecule has 1 atom stereocenters. The zero-order valence-corrected chi connectivity index (χ0v) is 19.2. The summed E-state index contributed by atoms with van der Waals surface area (Å²) in [5, 5.41) is 3.81. The lowest BCUT2D eigenvalue weighted by molar-refractivity contribution is 0.583. The second-order valence-corrected chi connectivity index (χ2v) is 10.2. The monoisotopic (exact) mass is 466 g/mol. The number of halogens is 2. The molecule has 0 amide bonds. The van der Waals surface area contributed by atoms with E-state index in [4.69, 9.17) is 11.6 Å². The van der Waals surface area contributed by atoms with Gasteiger partial charge in [0, 0.05) is 34.8 Å². The molecule has 1 aromatic carbocycles. The third-order valence-electron chi connectivity index (χ3n) is 4.69. The minimum absolute atomic E-state index is 0.0861. The maximum absolute atomic E-state index is 14.1. The number of H-pyrrole nitrogens is 1. The molecule has 0 radical (unpaired) electrons. The van der Waals surface area contributed by atoms with Crippen molar-refractivity contribution in [3.63, 3.8) is 0 Å². The van der Waals surface area contributed by atoms with Gasteiger partial charge in [0.15, 0.2) is 0 Å². The predicted octanol–water partition coefficient (Wildman–Crippen LogP) is 4.31. The van der Waals surface area contributed by atoms with Crippen molar-refractivity contribution < 1.29 is 12.8 Å². The van der Waals surface area contributed by atoms with Gasteiger partial charge in [0.25, 0.3) is 5.56 Å². The van der Waals surface area contributed by atoms with E-state index >= 15 is 0 Å².